The lowest BCUT2D eigenvalue weighted by Gasteiger charge is -2.22. The highest BCUT2D eigenvalue weighted by atomic mass is 32.1. The smallest absolute Gasteiger partial charge is 0.345 e. The minimum Gasteiger partial charge on any atom is -0.477 e. The first-order chi connectivity index (χ1) is 8.66. The van der Waals surface area contributed by atoms with Crippen molar-refractivity contribution in [2.24, 2.45) is 0 Å². The van der Waals surface area contributed by atoms with E-state index in [9.17, 15) is 4.79 Å². The normalized spacial score (nSPS) is 17.8. The second-order valence-corrected chi connectivity index (χ2v) is 5.56. The van der Waals surface area contributed by atoms with Crippen molar-refractivity contribution < 1.29 is 9.90 Å². The predicted molar refractivity (Wildman–Crippen MR) is 73.0 cm³/mol. The summed E-state index contributed by atoms with van der Waals surface area (Å²) in [4.78, 5) is 13.6. The van der Waals surface area contributed by atoms with Gasteiger partial charge < -0.3 is 10.0 Å². The lowest BCUT2D eigenvalue weighted by Crippen LogP contribution is -2.22. The number of benzene rings is 1. The largest absolute Gasteiger partial charge is 0.477 e. The van der Waals surface area contributed by atoms with Gasteiger partial charge >= 0.3 is 5.97 Å². The zero-order valence-corrected chi connectivity index (χ0v) is 10.8. The molecule has 3 rings (SSSR count). The lowest BCUT2D eigenvalue weighted by atomic mass is 10.1. The number of rotatable bonds is 2. The van der Waals surface area contributed by atoms with E-state index in [2.05, 4.69) is 24.0 Å². The molecule has 0 aliphatic carbocycles. The Kier molecular flexibility index (Phi) is 2.59. The summed E-state index contributed by atoms with van der Waals surface area (Å²) >= 11 is 1.33. The van der Waals surface area contributed by atoms with Crippen molar-refractivity contribution in [2.75, 3.05) is 4.90 Å². The number of carboxylic acid groups (broad SMARTS) is 1. The van der Waals surface area contributed by atoms with E-state index >= 15 is 0 Å². The van der Waals surface area contributed by atoms with Gasteiger partial charge in [0.05, 0.1) is 5.00 Å². The standard InChI is InChI=1S/C14H13NO2S/c1-9-8-10-4-2-3-5-11(10)15(9)13-7-6-12(18-13)14(16)17/h2-7,9H,8H2,1H3,(H,16,17). The third-order valence-electron chi connectivity index (χ3n) is 3.25. The van der Waals surface area contributed by atoms with Gasteiger partial charge in [0.15, 0.2) is 0 Å². The molecule has 1 aromatic carbocycles. The van der Waals surface area contributed by atoms with Gasteiger partial charge in [-0.1, -0.05) is 18.2 Å². The Bertz CT molecular complexity index is 605. The van der Waals surface area contributed by atoms with Crippen LogP contribution in [-0.2, 0) is 6.42 Å². The number of para-hydroxylation sites is 1. The van der Waals surface area contributed by atoms with E-state index in [0.717, 1.165) is 11.4 Å². The molecular weight excluding hydrogens is 246 g/mol. The second-order valence-electron chi connectivity index (χ2n) is 4.49. The van der Waals surface area contributed by atoms with Gasteiger partial charge in [-0.3, -0.25) is 0 Å². The molecule has 0 radical (unpaired) electrons. The SMILES string of the molecule is CC1Cc2ccccc2N1c1ccc(C(=O)O)s1. The Morgan fingerprint density at radius 3 is 2.83 bits per heavy atom. The molecule has 0 saturated carbocycles. The molecule has 0 amide bonds. The molecule has 2 heterocycles. The monoisotopic (exact) mass is 259 g/mol. The Hall–Kier alpha value is -1.81. The van der Waals surface area contributed by atoms with Gasteiger partial charge in [-0.15, -0.1) is 11.3 Å². The van der Waals surface area contributed by atoms with Crippen LogP contribution in [0.5, 0.6) is 0 Å². The van der Waals surface area contributed by atoms with E-state index in [-0.39, 0.29) is 0 Å². The van der Waals surface area contributed by atoms with Crippen molar-refractivity contribution in [1.82, 2.24) is 0 Å². The van der Waals surface area contributed by atoms with Crippen LogP contribution in [-0.4, -0.2) is 17.1 Å². The van der Waals surface area contributed by atoms with Gasteiger partial charge in [0, 0.05) is 11.7 Å². The fraction of sp³-hybridized carbons (Fsp3) is 0.214. The van der Waals surface area contributed by atoms with E-state index in [1.54, 1.807) is 6.07 Å². The van der Waals surface area contributed by atoms with Gasteiger partial charge in [-0.05, 0) is 37.1 Å². The van der Waals surface area contributed by atoms with Crippen molar-refractivity contribution in [1.29, 1.82) is 0 Å². The average molecular weight is 259 g/mol. The Morgan fingerprint density at radius 1 is 1.33 bits per heavy atom. The molecule has 0 bridgehead atoms. The van der Waals surface area contributed by atoms with Crippen LogP contribution in [0.2, 0.25) is 0 Å². The zero-order valence-electron chi connectivity index (χ0n) is 9.96. The number of carboxylic acids is 1. The Labute approximate surface area is 109 Å². The molecule has 18 heavy (non-hydrogen) atoms. The van der Waals surface area contributed by atoms with E-state index in [1.165, 1.54) is 22.6 Å². The van der Waals surface area contributed by atoms with Crippen molar-refractivity contribution in [3.63, 3.8) is 0 Å². The summed E-state index contributed by atoms with van der Waals surface area (Å²) in [6.45, 7) is 2.17. The molecule has 1 aliphatic rings. The molecular formula is C14H13NO2S. The number of hydrogen-bond acceptors (Lipinski definition) is 3. The highest BCUT2D eigenvalue weighted by Crippen LogP contribution is 2.41. The topological polar surface area (TPSA) is 40.5 Å². The number of hydrogen-bond donors (Lipinski definition) is 1. The average Bonchev–Trinajstić information content (AvgIpc) is 2.91. The van der Waals surface area contributed by atoms with E-state index in [1.807, 2.05) is 18.2 Å². The maximum atomic E-state index is 10.9. The molecule has 0 saturated heterocycles. The number of thiophene rings is 1. The van der Waals surface area contributed by atoms with E-state index in [4.69, 9.17) is 5.11 Å². The molecule has 1 aromatic heterocycles. The molecule has 4 heteroatoms. The first-order valence-electron chi connectivity index (χ1n) is 5.87. The van der Waals surface area contributed by atoms with Crippen LogP contribution in [0.15, 0.2) is 36.4 Å². The first kappa shape index (κ1) is 11.3. The third-order valence-corrected chi connectivity index (χ3v) is 4.32. The molecule has 3 nitrogen and oxygen atoms in total. The summed E-state index contributed by atoms with van der Waals surface area (Å²) in [6.07, 6.45) is 1.01. The number of nitrogens with zero attached hydrogens (tertiary/aromatic N) is 1. The first-order valence-corrected chi connectivity index (χ1v) is 6.69. The number of aromatic carboxylic acids is 1. The Balaban J connectivity index is 2.03. The van der Waals surface area contributed by atoms with Crippen LogP contribution in [0, 0.1) is 0 Å². The molecule has 1 atom stereocenters. The summed E-state index contributed by atoms with van der Waals surface area (Å²) in [6, 6.07) is 12.3. The summed E-state index contributed by atoms with van der Waals surface area (Å²) in [5.74, 6) is -0.855. The maximum absolute atomic E-state index is 10.9. The van der Waals surface area contributed by atoms with Crippen LogP contribution in [0.3, 0.4) is 0 Å². The second kappa shape index (κ2) is 4.14. The highest BCUT2D eigenvalue weighted by Gasteiger charge is 2.28. The molecule has 2 aromatic rings. The number of anilines is 2. The zero-order chi connectivity index (χ0) is 12.7. The van der Waals surface area contributed by atoms with Gasteiger partial charge in [-0.25, -0.2) is 4.79 Å². The highest BCUT2D eigenvalue weighted by molar-refractivity contribution is 7.18. The van der Waals surface area contributed by atoms with Crippen molar-refractivity contribution >= 4 is 28.0 Å². The van der Waals surface area contributed by atoms with Gasteiger partial charge in [0.25, 0.3) is 0 Å². The maximum Gasteiger partial charge on any atom is 0.345 e. The van der Waals surface area contributed by atoms with Crippen molar-refractivity contribution in [3.05, 3.63) is 46.8 Å². The van der Waals surface area contributed by atoms with Crippen LogP contribution in [0.4, 0.5) is 10.7 Å². The van der Waals surface area contributed by atoms with E-state index in [0.29, 0.717) is 10.9 Å². The molecule has 1 aliphatic heterocycles. The fourth-order valence-electron chi connectivity index (χ4n) is 2.47. The minimum atomic E-state index is -0.855. The number of carbonyl (C=O) groups is 1. The van der Waals surface area contributed by atoms with Gasteiger partial charge in [0.1, 0.15) is 4.88 Å². The van der Waals surface area contributed by atoms with Crippen LogP contribution in [0.25, 0.3) is 0 Å². The predicted octanol–water partition coefficient (Wildman–Crippen LogP) is 3.53. The van der Waals surface area contributed by atoms with Crippen molar-refractivity contribution in [2.45, 2.75) is 19.4 Å². The fourth-order valence-corrected chi connectivity index (χ4v) is 3.43. The molecule has 92 valence electrons. The third kappa shape index (κ3) is 1.69. The summed E-state index contributed by atoms with van der Waals surface area (Å²) in [5, 5.41) is 10.00. The van der Waals surface area contributed by atoms with Gasteiger partial charge in [0.2, 0.25) is 0 Å². The lowest BCUT2D eigenvalue weighted by molar-refractivity contribution is 0.0702. The summed E-state index contributed by atoms with van der Waals surface area (Å²) in [7, 11) is 0. The molecule has 1 unspecified atom stereocenters. The quantitative estimate of drug-likeness (QED) is 0.897. The van der Waals surface area contributed by atoms with E-state index < -0.39 is 5.97 Å². The van der Waals surface area contributed by atoms with Crippen molar-refractivity contribution in [3.8, 4) is 0 Å². The van der Waals surface area contributed by atoms with Gasteiger partial charge in [-0.2, -0.15) is 0 Å². The molecule has 1 N–H and O–H groups in total. The van der Waals surface area contributed by atoms with Crippen LogP contribution >= 0.6 is 11.3 Å². The summed E-state index contributed by atoms with van der Waals surface area (Å²) < 4.78 is 0. The van der Waals surface area contributed by atoms with Crippen LogP contribution in [0.1, 0.15) is 22.2 Å². The molecule has 0 spiro atoms. The summed E-state index contributed by atoms with van der Waals surface area (Å²) in [5.41, 5.74) is 2.53. The molecule has 0 fully saturated rings. The van der Waals surface area contributed by atoms with Crippen LogP contribution < -0.4 is 4.90 Å². The Morgan fingerprint density at radius 2 is 2.11 bits per heavy atom. The minimum absolute atomic E-state index is 0.377. The number of fused-ring (bicyclic) bond motifs is 1.